The number of methoxy groups -OCH3 is 1. The summed E-state index contributed by atoms with van der Waals surface area (Å²) in [6, 6.07) is 10.5. The summed E-state index contributed by atoms with van der Waals surface area (Å²) < 4.78 is 10.7. The van der Waals surface area contributed by atoms with Gasteiger partial charge in [-0.25, -0.2) is 0 Å². The second kappa shape index (κ2) is 9.01. The maximum Gasteiger partial charge on any atom is 0.182 e. The smallest absolute Gasteiger partial charge is 0.182 e. The Morgan fingerprint density at radius 3 is 2.66 bits per heavy atom. The normalized spacial score (nSPS) is 14.1. The average molecular weight is 393 g/mol. The monoisotopic (exact) mass is 393 g/mol. The molecule has 0 aliphatic carbocycles. The van der Waals surface area contributed by atoms with Crippen LogP contribution in [0.15, 0.2) is 60.4 Å². The predicted molar refractivity (Wildman–Crippen MR) is 114 cm³/mol. The number of aromatic hydroxyl groups is 1. The topological polar surface area (TPSA) is 79.2 Å². The number of ether oxygens (including phenoxy) is 2. The average Bonchev–Trinajstić information content (AvgIpc) is 2.71. The van der Waals surface area contributed by atoms with E-state index in [9.17, 15) is 15.0 Å². The van der Waals surface area contributed by atoms with E-state index in [4.69, 9.17) is 9.47 Å². The van der Waals surface area contributed by atoms with E-state index in [1.807, 2.05) is 25.2 Å². The van der Waals surface area contributed by atoms with Crippen LogP contribution in [0.1, 0.15) is 11.1 Å². The van der Waals surface area contributed by atoms with Crippen LogP contribution in [0.3, 0.4) is 0 Å². The molecule has 0 amide bonds. The molecule has 3 rings (SSSR count). The van der Waals surface area contributed by atoms with Gasteiger partial charge in [0.1, 0.15) is 18.1 Å². The first-order chi connectivity index (χ1) is 14.0. The number of phenols is 1. The minimum atomic E-state index is -0.341. The number of anilines is 1. The van der Waals surface area contributed by atoms with E-state index < -0.39 is 0 Å². The Hall–Kier alpha value is -3.67. The number of phenolic OH excluding ortho intramolecular Hbond substituents is 1. The largest absolute Gasteiger partial charge is 0.508 e. The van der Waals surface area contributed by atoms with Crippen molar-refractivity contribution in [1.82, 2.24) is 0 Å². The van der Waals surface area contributed by atoms with Crippen LogP contribution in [0.2, 0.25) is 0 Å². The molecule has 0 atom stereocenters. The van der Waals surface area contributed by atoms with E-state index in [1.165, 1.54) is 25.3 Å². The summed E-state index contributed by atoms with van der Waals surface area (Å²) in [5.41, 5.74) is 2.57. The number of hydrogen-bond donors (Lipinski definition) is 2. The van der Waals surface area contributed by atoms with Gasteiger partial charge in [-0.1, -0.05) is 24.3 Å². The summed E-state index contributed by atoms with van der Waals surface area (Å²) in [4.78, 5) is 14.2. The number of carbonyl (C=O) groups is 1. The third-order valence-electron chi connectivity index (χ3n) is 4.46. The summed E-state index contributed by atoms with van der Waals surface area (Å²) in [5, 5.41) is 19.6. The van der Waals surface area contributed by atoms with Gasteiger partial charge in [-0.15, -0.1) is 0 Å². The SMILES string of the molecule is COc1cc(/C=C/C(O)=CC(=O)/C=C/c2ccc3c(c2)OCCN3C)ccc1O. The first kappa shape index (κ1) is 20.1. The summed E-state index contributed by atoms with van der Waals surface area (Å²) >= 11 is 0. The molecule has 2 aromatic rings. The molecule has 0 unspecified atom stereocenters. The van der Waals surface area contributed by atoms with Gasteiger partial charge in [0.15, 0.2) is 17.3 Å². The molecular formula is C23H23NO5. The van der Waals surface area contributed by atoms with Crippen molar-refractivity contribution in [2.75, 3.05) is 32.2 Å². The molecule has 6 heteroatoms. The highest BCUT2D eigenvalue weighted by Crippen LogP contribution is 2.31. The first-order valence-corrected chi connectivity index (χ1v) is 9.12. The maximum absolute atomic E-state index is 12.1. The summed E-state index contributed by atoms with van der Waals surface area (Å²) in [7, 11) is 3.47. The molecule has 0 bridgehead atoms. The summed E-state index contributed by atoms with van der Waals surface area (Å²) in [6.07, 6.45) is 7.22. The number of rotatable bonds is 6. The molecule has 0 saturated heterocycles. The van der Waals surface area contributed by atoms with E-state index in [2.05, 4.69) is 4.90 Å². The third-order valence-corrected chi connectivity index (χ3v) is 4.46. The quantitative estimate of drug-likeness (QED) is 0.439. The number of carbonyl (C=O) groups excluding carboxylic acids is 1. The Bertz CT molecular complexity index is 991. The highest BCUT2D eigenvalue weighted by Gasteiger charge is 2.14. The van der Waals surface area contributed by atoms with Gasteiger partial charge < -0.3 is 24.6 Å². The highest BCUT2D eigenvalue weighted by atomic mass is 16.5. The van der Waals surface area contributed by atoms with Crippen molar-refractivity contribution in [3.05, 3.63) is 71.5 Å². The standard InChI is InChI=1S/C23H23NO5/c1-24-11-12-29-22-13-16(5-9-20(22)24)3-7-18(25)15-19(26)8-4-17-6-10-21(27)23(14-17)28-2/h3-10,13-15,26-27H,11-12H2,1-2H3/b7-3+,8-4+,19-15?. The molecular weight excluding hydrogens is 370 g/mol. The van der Waals surface area contributed by atoms with Gasteiger partial charge >= 0.3 is 0 Å². The molecule has 29 heavy (non-hydrogen) atoms. The zero-order valence-electron chi connectivity index (χ0n) is 16.3. The van der Waals surface area contributed by atoms with Crippen molar-refractivity contribution >= 4 is 23.6 Å². The first-order valence-electron chi connectivity index (χ1n) is 9.12. The molecule has 1 heterocycles. The van der Waals surface area contributed by atoms with E-state index in [1.54, 1.807) is 24.3 Å². The van der Waals surface area contributed by atoms with E-state index >= 15 is 0 Å². The van der Waals surface area contributed by atoms with Gasteiger partial charge in [-0.3, -0.25) is 4.79 Å². The van der Waals surface area contributed by atoms with Crippen molar-refractivity contribution in [1.29, 1.82) is 0 Å². The van der Waals surface area contributed by atoms with E-state index in [0.717, 1.165) is 29.6 Å². The Morgan fingerprint density at radius 2 is 1.86 bits per heavy atom. The van der Waals surface area contributed by atoms with Gasteiger partial charge in [-0.05, 0) is 47.5 Å². The number of ketones is 1. The van der Waals surface area contributed by atoms with Crippen LogP contribution in [0.25, 0.3) is 12.2 Å². The van der Waals surface area contributed by atoms with Gasteiger partial charge in [0, 0.05) is 13.1 Å². The zero-order chi connectivity index (χ0) is 20.8. The number of nitrogens with zero attached hydrogens (tertiary/aromatic N) is 1. The minimum Gasteiger partial charge on any atom is -0.508 e. The number of allylic oxidation sites excluding steroid dienone is 3. The fourth-order valence-electron chi connectivity index (χ4n) is 2.88. The highest BCUT2D eigenvalue weighted by molar-refractivity contribution is 6.02. The van der Waals surface area contributed by atoms with Crippen molar-refractivity contribution in [2.24, 2.45) is 0 Å². The van der Waals surface area contributed by atoms with Gasteiger partial charge in [-0.2, -0.15) is 0 Å². The number of benzene rings is 2. The van der Waals surface area contributed by atoms with Crippen LogP contribution in [0.5, 0.6) is 17.2 Å². The molecule has 6 nitrogen and oxygen atoms in total. The molecule has 150 valence electrons. The summed E-state index contributed by atoms with van der Waals surface area (Å²) in [5.74, 6) is 0.631. The lowest BCUT2D eigenvalue weighted by Gasteiger charge is -2.27. The Kier molecular flexibility index (Phi) is 6.24. The molecule has 2 N–H and O–H groups in total. The van der Waals surface area contributed by atoms with Gasteiger partial charge in [0.05, 0.1) is 19.3 Å². The second-order valence-electron chi connectivity index (χ2n) is 6.57. The Labute approximate surface area is 169 Å². The van der Waals surface area contributed by atoms with Crippen LogP contribution >= 0.6 is 0 Å². The number of aliphatic hydroxyl groups excluding tert-OH is 1. The maximum atomic E-state index is 12.1. The Morgan fingerprint density at radius 1 is 1.14 bits per heavy atom. The molecule has 0 aromatic heterocycles. The van der Waals surface area contributed by atoms with Crippen molar-refractivity contribution < 1.29 is 24.5 Å². The van der Waals surface area contributed by atoms with Crippen molar-refractivity contribution in [3.8, 4) is 17.2 Å². The molecule has 0 saturated carbocycles. The van der Waals surface area contributed by atoms with Crippen molar-refractivity contribution in [3.63, 3.8) is 0 Å². The fourth-order valence-corrected chi connectivity index (χ4v) is 2.88. The van der Waals surface area contributed by atoms with Crippen LogP contribution < -0.4 is 14.4 Å². The number of fused-ring (bicyclic) bond motifs is 1. The molecule has 0 radical (unpaired) electrons. The zero-order valence-corrected chi connectivity index (χ0v) is 16.3. The lowest BCUT2D eigenvalue weighted by atomic mass is 10.1. The predicted octanol–water partition coefficient (Wildman–Crippen LogP) is 3.97. The number of likely N-dealkylation sites (N-methyl/N-ethyl adjacent to an activating group) is 1. The van der Waals surface area contributed by atoms with Gasteiger partial charge in [0.25, 0.3) is 0 Å². The van der Waals surface area contributed by atoms with E-state index in [-0.39, 0.29) is 17.3 Å². The van der Waals surface area contributed by atoms with Crippen LogP contribution in [0.4, 0.5) is 5.69 Å². The number of hydrogen-bond acceptors (Lipinski definition) is 6. The van der Waals surface area contributed by atoms with Crippen LogP contribution in [-0.2, 0) is 4.79 Å². The molecule has 1 aliphatic rings. The molecule has 0 fully saturated rings. The fraction of sp³-hybridized carbons (Fsp3) is 0.174. The van der Waals surface area contributed by atoms with Gasteiger partial charge in [0.2, 0.25) is 0 Å². The van der Waals surface area contributed by atoms with Crippen LogP contribution in [-0.4, -0.2) is 43.3 Å². The molecule has 1 aliphatic heterocycles. The van der Waals surface area contributed by atoms with Crippen molar-refractivity contribution in [2.45, 2.75) is 0 Å². The lowest BCUT2D eigenvalue weighted by Crippen LogP contribution is -2.28. The Balaban J connectivity index is 1.65. The van der Waals surface area contributed by atoms with Crippen LogP contribution in [0, 0.1) is 0 Å². The summed E-state index contributed by atoms with van der Waals surface area (Å²) in [6.45, 7) is 1.47. The molecule has 2 aromatic carbocycles. The lowest BCUT2D eigenvalue weighted by molar-refractivity contribution is -0.110. The second-order valence-corrected chi connectivity index (χ2v) is 6.57. The minimum absolute atomic E-state index is 0.0314. The molecule has 0 spiro atoms. The van der Waals surface area contributed by atoms with E-state index in [0.29, 0.717) is 17.9 Å². The number of aliphatic hydroxyl groups is 1. The third kappa shape index (κ3) is 5.19.